The maximum absolute atomic E-state index is 11.0. The summed E-state index contributed by atoms with van der Waals surface area (Å²) in [6.07, 6.45) is 4.43. The van der Waals surface area contributed by atoms with Gasteiger partial charge < -0.3 is 5.11 Å². The molecule has 1 atom stereocenters. The number of aromatic nitrogens is 2. The lowest BCUT2D eigenvalue weighted by Crippen LogP contribution is -2.19. The van der Waals surface area contributed by atoms with Crippen LogP contribution in [0.5, 0.6) is 0 Å². The van der Waals surface area contributed by atoms with Gasteiger partial charge in [-0.05, 0) is 12.5 Å². The summed E-state index contributed by atoms with van der Waals surface area (Å²) in [5.41, 5.74) is 0.262. The Balaban J connectivity index is 2.78. The molecule has 5 nitrogen and oxygen atoms in total. The minimum Gasteiger partial charge on any atom is -0.480 e. The van der Waals surface area contributed by atoms with Crippen LogP contribution in [0.4, 0.5) is 0 Å². The molecular weight excluding hydrogens is 196 g/mol. The lowest BCUT2D eigenvalue weighted by atomic mass is 10.1. The van der Waals surface area contributed by atoms with Gasteiger partial charge in [-0.1, -0.05) is 19.8 Å². The minimum atomic E-state index is -0.913. The van der Waals surface area contributed by atoms with Crippen molar-refractivity contribution in [3.63, 3.8) is 0 Å². The third-order valence-electron chi connectivity index (χ3n) is 2.19. The number of carboxylic acids is 1. The van der Waals surface area contributed by atoms with E-state index in [-0.39, 0.29) is 5.69 Å². The van der Waals surface area contributed by atoms with Gasteiger partial charge in [0.15, 0.2) is 6.29 Å². The number of unbranched alkanes of at least 4 members (excludes halogenated alkanes) is 1. The summed E-state index contributed by atoms with van der Waals surface area (Å²) < 4.78 is 1.34. The number of carboxylic acid groups (broad SMARTS) is 1. The molecule has 0 bridgehead atoms. The van der Waals surface area contributed by atoms with Crippen molar-refractivity contribution in [3.05, 3.63) is 18.0 Å². The summed E-state index contributed by atoms with van der Waals surface area (Å²) in [5, 5.41) is 12.9. The first kappa shape index (κ1) is 11.4. The number of hydrogen-bond acceptors (Lipinski definition) is 3. The molecule has 1 aromatic rings. The van der Waals surface area contributed by atoms with Gasteiger partial charge in [0.25, 0.3) is 0 Å². The molecule has 15 heavy (non-hydrogen) atoms. The Morgan fingerprint density at radius 3 is 2.93 bits per heavy atom. The number of aliphatic carboxylic acids is 1. The molecule has 0 saturated carbocycles. The van der Waals surface area contributed by atoms with Gasteiger partial charge in [0.2, 0.25) is 0 Å². The number of nitrogens with zero attached hydrogens (tertiary/aromatic N) is 2. The number of carbonyl (C=O) groups excluding carboxylic acids is 1. The maximum atomic E-state index is 11.0. The van der Waals surface area contributed by atoms with Crippen LogP contribution in [0.3, 0.4) is 0 Å². The fourth-order valence-electron chi connectivity index (χ4n) is 1.36. The van der Waals surface area contributed by atoms with E-state index in [1.165, 1.54) is 16.9 Å². The van der Waals surface area contributed by atoms with E-state index in [0.29, 0.717) is 12.7 Å². The van der Waals surface area contributed by atoms with E-state index in [1.54, 1.807) is 0 Å². The molecule has 1 rings (SSSR count). The second-order valence-corrected chi connectivity index (χ2v) is 3.33. The van der Waals surface area contributed by atoms with E-state index in [9.17, 15) is 9.59 Å². The molecule has 1 N–H and O–H groups in total. The lowest BCUT2D eigenvalue weighted by Gasteiger charge is -2.11. The molecule has 1 aromatic heterocycles. The smallest absolute Gasteiger partial charge is 0.328 e. The van der Waals surface area contributed by atoms with E-state index < -0.39 is 12.0 Å². The van der Waals surface area contributed by atoms with Gasteiger partial charge in [0, 0.05) is 6.20 Å². The van der Waals surface area contributed by atoms with E-state index >= 15 is 0 Å². The third kappa shape index (κ3) is 2.90. The van der Waals surface area contributed by atoms with Crippen molar-refractivity contribution in [3.8, 4) is 0 Å². The molecule has 0 aliphatic heterocycles. The fraction of sp³-hybridized carbons (Fsp3) is 0.500. The van der Waals surface area contributed by atoms with Gasteiger partial charge in [-0.25, -0.2) is 4.79 Å². The average molecular weight is 210 g/mol. The Bertz CT molecular complexity index is 346. The highest BCUT2D eigenvalue weighted by atomic mass is 16.4. The van der Waals surface area contributed by atoms with Gasteiger partial charge in [0.1, 0.15) is 11.7 Å². The molecule has 0 aliphatic carbocycles. The second-order valence-electron chi connectivity index (χ2n) is 3.33. The Morgan fingerprint density at radius 1 is 1.73 bits per heavy atom. The highest BCUT2D eigenvalue weighted by Gasteiger charge is 2.19. The van der Waals surface area contributed by atoms with Crippen LogP contribution >= 0.6 is 0 Å². The Morgan fingerprint density at radius 2 is 2.47 bits per heavy atom. The van der Waals surface area contributed by atoms with Crippen LogP contribution < -0.4 is 0 Å². The molecule has 0 spiro atoms. The van der Waals surface area contributed by atoms with E-state index in [1.807, 2.05) is 6.92 Å². The number of rotatable bonds is 6. The van der Waals surface area contributed by atoms with E-state index in [4.69, 9.17) is 5.11 Å². The maximum Gasteiger partial charge on any atom is 0.328 e. The van der Waals surface area contributed by atoms with Crippen molar-refractivity contribution in [2.45, 2.75) is 32.2 Å². The molecule has 1 unspecified atom stereocenters. The van der Waals surface area contributed by atoms with Crippen molar-refractivity contribution < 1.29 is 14.7 Å². The monoisotopic (exact) mass is 210 g/mol. The standard InChI is InChI=1S/C10H14N2O3/c1-2-3-4-9(10(14)15)12-6-5-8(7-13)11-12/h5-7,9H,2-4H2,1H3,(H,14,15). The van der Waals surface area contributed by atoms with Crippen molar-refractivity contribution in [2.75, 3.05) is 0 Å². The largest absolute Gasteiger partial charge is 0.480 e. The van der Waals surface area contributed by atoms with Crippen LogP contribution in [0.25, 0.3) is 0 Å². The second kappa shape index (κ2) is 5.29. The van der Waals surface area contributed by atoms with Crippen molar-refractivity contribution in [2.24, 2.45) is 0 Å². The summed E-state index contributed by atoms with van der Waals surface area (Å²) in [6.45, 7) is 2.00. The first-order valence-corrected chi connectivity index (χ1v) is 4.92. The molecule has 1 heterocycles. The van der Waals surface area contributed by atoms with Crippen LogP contribution in [-0.4, -0.2) is 27.1 Å². The molecule has 5 heteroatoms. The van der Waals surface area contributed by atoms with Crippen LogP contribution in [0.1, 0.15) is 42.7 Å². The molecule has 82 valence electrons. The van der Waals surface area contributed by atoms with Gasteiger partial charge in [-0.15, -0.1) is 0 Å². The van der Waals surface area contributed by atoms with Gasteiger partial charge in [0.05, 0.1) is 0 Å². The molecule has 0 aromatic carbocycles. The predicted molar refractivity (Wildman–Crippen MR) is 53.8 cm³/mol. The SMILES string of the molecule is CCCCC(C(=O)O)n1ccc(C=O)n1. The summed E-state index contributed by atoms with van der Waals surface area (Å²) in [5.74, 6) is -0.913. The first-order valence-electron chi connectivity index (χ1n) is 4.92. The van der Waals surface area contributed by atoms with Crippen molar-refractivity contribution >= 4 is 12.3 Å². The number of carbonyl (C=O) groups is 2. The molecule has 0 aliphatic rings. The molecule has 0 amide bonds. The molecular formula is C10H14N2O3. The molecule has 0 saturated heterocycles. The van der Waals surface area contributed by atoms with Crippen molar-refractivity contribution in [1.82, 2.24) is 9.78 Å². The zero-order valence-corrected chi connectivity index (χ0v) is 8.59. The van der Waals surface area contributed by atoms with Gasteiger partial charge in [-0.3, -0.25) is 9.48 Å². The number of aldehydes is 1. The lowest BCUT2D eigenvalue weighted by molar-refractivity contribution is -0.141. The first-order chi connectivity index (χ1) is 7.19. The Kier molecular flexibility index (Phi) is 4.03. The van der Waals surface area contributed by atoms with Gasteiger partial charge >= 0.3 is 5.97 Å². The molecule has 0 fully saturated rings. The summed E-state index contributed by atoms with van der Waals surface area (Å²) in [4.78, 5) is 21.4. The van der Waals surface area contributed by atoms with Crippen molar-refractivity contribution in [1.29, 1.82) is 0 Å². The topological polar surface area (TPSA) is 72.2 Å². The summed E-state index contributed by atoms with van der Waals surface area (Å²) in [7, 11) is 0. The zero-order chi connectivity index (χ0) is 11.3. The van der Waals surface area contributed by atoms with Crippen LogP contribution in [0, 0.1) is 0 Å². The summed E-state index contributed by atoms with van der Waals surface area (Å²) in [6, 6.07) is 0.841. The highest BCUT2D eigenvalue weighted by Crippen LogP contribution is 2.14. The van der Waals surface area contributed by atoms with E-state index in [2.05, 4.69) is 5.10 Å². The minimum absolute atomic E-state index is 0.262. The quantitative estimate of drug-likeness (QED) is 0.722. The van der Waals surface area contributed by atoms with Crippen LogP contribution in [0.15, 0.2) is 12.3 Å². The van der Waals surface area contributed by atoms with Crippen LogP contribution in [-0.2, 0) is 4.79 Å². The fourth-order valence-corrected chi connectivity index (χ4v) is 1.36. The summed E-state index contributed by atoms with van der Waals surface area (Å²) >= 11 is 0. The highest BCUT2D eigenvalue weighted by molar-refractivity contribution is 5.73. The Hall–Kier alpha value is -1.65. The normalized spacial score (nSPS) is 12.3. The Labute approximate surface area is 87.7 Å². The number of hydrogen-bond donors (Lipinski definition) is 1. The van der Waals surface area contributed by atoms with E-state index in [0.717, 1.165) is 12.8 Å². The van der Waals surface area contributed by atoms with Crippen LogP contribution in [0.2, 0.25) is 0 Å². The third-order valence-corrected chi connectivity index (χ3v) is 2.19. The average Bonchev–Trinajstić information content (AvgIpc) is 2.66. The predicted octanol–water partition coefficient (Wildman–Crippen LogP) is 1.51. The zero-order valence-electron chi connectivity index (χ0n) is 8.59. The molecule has 0 radical (unpaired) electrons. The van der Waals surface area contributed by atoms with Gasteiger partial charge in [-0.2, -0.15) is 5.10 Å².